The van der Waals surface area contributed by atoms with Gasteiger partial charge < -0.3 is 15.3 Å². The monoisotopic (exact) mass is 268 g/mol. The van der Waals surface area contributed by atoms with Crippen LogP contribution in [-0.4, -0.2) is 47.8 Å². The molecule has 2 fully saturated rings. The van der Waals surface area contributed by atoms with Crippen molar-refractivity contribution < 1.29 is 5.11 Å². The number of nitrogens with zero attached hydrogens (tertiary/aromatic N) is 1. The molecule has 19 heavy (non-hydrogen) atoms. The standard InChI is InChI=1S/C16H32N2O/c1-4-7-15(2,12-17-14-5-6-14)13-18-10-8-16(3,19)9-11-18/h14,17,19H,4-13H2,1-3H3. The second-order valence-electron chi connectivity index (χ2n) is 7.49. The van der Waals surface area contributed by atoms with E-state index >= 15 is 0 Å². The van der Waals surface area contributed by atoms with Crippen molar-refractivity contribution in [3.05, 3.63) is 0 Å². The lowest BCUT2D eigenvalue weighted by atomic mass is 9.83. The maximum Gasteiger partial charge on any atom is 0.0644 e. The molecule has 0 spiro atoms. The molecule has 0 amide bonds. The Balaban J connectivity index is 1.81. The molecule has 2 rings (SSSR count). The smallest absolute Gasteiger partial charge is 0.0644 e. The second-order valence-corrected chi connectivity index (χ2v) is 7.49. The van der Waals surface area contributed by atoms with Gasteiger partial charge in [0.15, 0.2) is 0 Å². The van der Waals surface area contributed by atoms with Crippen LogP contribution in [0.2, 0.25) is 0 Å². The SMILES string of the molecule is CCCC(C)(CNC1CC1)CN1CCC(C)(O)CC1. The summed E-state index contributed by atoms with van der Waals surface area (Å²) >= 11 is 0. The topological polar surface area (TPSA) is 35.5 Å². The van der Waals surface area contributed by atoms with Gasteiger partial charge in [-0.2, -0.15) is 0 Å². The summed E-state index contributed by atoms with van der Waals surface area (Å²) < 4.78 is 0. The molecule has 1 aliphatic heterocycles. The summed E-state index contributed by atoms with van der Waals surface area (Å²) in [7, 11) is 0. The first kappa shape index (κ1) is 15.3. The van der Waals surface area contributed by atoms with E-state index in [4.69, 9.17) is 0 Å². The number of nitrogens with one attached hydrogen (secondary N) is 1. The van der Waals surface area contributed by atoms with Gasteiger partial charge in [0.25, 0.3) is 0 Å². The Labute approximate surface area is 118 Å². The van der Waals surface area contributed by atoms with E-state index in [0.29, 0.717) is 5.41 Å². The molecule has 0 bridgehead atoms. The summed E-state index contributed by atoms with van der Waals surface area (Å²) in [6.45, 7) is 11.1. The molecule has 1 saturated carbocycles. The molecule has 3 nitrogen and oxygen atoms in total. The fraction of sp³-hybridized carbons (Fsp3) is 1.00. The molecule has 0 radical (unpaired) electrons. The van der Waals surface area contributed by atoms with Gasteiger partial charge in [0, 0.05) is 32.2 Å². The van der Waals surface area contributed by atoms with Gasteiger partial charge in [0.1, 0.15) is 0 Å². The number of aliphatic hydroxyl groups is 1. The number of rotatable bonds is 7. The Morgan fingerprint density at radius 2 is 1.95 bits per heavy atom. The number of likely N-dealkylation sites (tertiary alicyclic amines) is 1. The molecule has 1 atom stereocenters. The van der Waals surface area contributed by atoms with Crippen LogP contribution in [-0.2, 0) is 0 Å². The Bertz CT molecular complexity index is 278. The summed E-state index contributed by atoms with van der Waals surface area (Å²) in [6.07, 6.45) is 7.13. The Morgan fingerprint density at radius 1 is 1.32 bits per heavy atom. The lowest BCUT2D eigenvalue weighted by Crippen LogP contribution is -2.48. The van der Waals surface area contributed by atoms with Crippen molar-refractivity contribution in [2.75, 3.05) is 26.2 Å². The van der Waals surface area contributed by atoms with Gasteiger partial charge in [-0.15, -0.1) is 0 Å². The van der Waals surface area contributed by atoms with E-state index in [-0.39, 0.29) is 0 Å². The quantitative estimate of drug-likeness (QED) is 0.744. The van der Waals surface area contributed by atoms with Crippen LogP contribution in [0.15, 0.2) is 0 Å². The van der Waals surface area contributed by atoms with Crippen LogP contribution >= 0.6 is 0 Å². The molecule has 0 aromatic carbocycles. The van der Waals surface area contributed by atoms with Crippen LogP contribution in [0.4, 0.5) is 0 Å². The van der Waals surface area contributed by atoms with Gasteiger partial charge in [-0.3, -0.25) is 0 Å². The second kappa shape index (κ2) is 6.11. The first-order valence-corrected chi connectivity index (χ1v) is 8.11. The van der Waals surface area contributed by atoms with Gasteiger partial charge in [-0.25, -0.2) is 0 Å². The molecule has 2 N–H and O–H groups in total. The van der Waals surface area contributed by atoms with Crippen LogP contribution in [0, 0.1) is 5.41 Å². The van der Waals surface area contributed by atoms with E-state index in [9.17, 15) is 5.11 Å². The fourth-order valence-electron chi connectivity index (χ4n) is 3.24. The molecule has 1 saturated heterocycles. The predicted octanol–water partition coefficient (Wildman–Crippen LogP) is 2.39. The number of hydrogen-bond donors (Lipinski definition) is 2. The average molecular weight is 268 g/mol. The van der Waals surface area contributed by atoms with Crippen LogP contribution in [0.3, 0.4) is 0 Å². The third-order valence-electron chi connectivity index (χ3n) is 4.79. The van der Waals surface area contributed by atoms with Crippen molar-refractivity contribution in [3.8, 4) is 0 Å². The van der Waals surface area contributed by atoms with Crippen LogP contribution in [0.1, 0.15) is 59.3 Å². The molecule has 112 valence electrons. The van der Waals surface area contributed by atoms with Crippen LogP contribution in [0.5, 0.6) is 0 Å². The highest BCUT2D eigenvalue weighted by atomic mass is 16.3. The largest absolute Gasteiger partial charge is 0.390 e. The van der Waals surface area contributed by atoms with E-state index in [1.165, 1.54) is 32.2 Å². The van der Waals surface area contributed by atoms with Crippen molar-refractivity contribution >= 4 is 0 Å². The van der Waals surface area contributed by atoms with Gasteiger partial charge in [-0.05, 0) is 44.4 Å². The minimum absolute atomic E-state index is 0.389. The zero-order chi connectivity index (χ0) is 13.9. The van der Waals surface area contributed by atoms with Gasteiger partial charge in [0.05, 0.1) is 5.60 Å². The first-order chi connectivity index (χ1) is 8.92. The molecule has 0 aromatic heterocycles. The molecule has 2 aliphatic rings. The summed E-state index contributed by atoms with van der Waals surface area (Å²) in [6, 6.07) is 0.804. The van der Waals surface area contributed by atoms with Gasteiger partial charge in [0.2, 0.25) is 0 Å². The zero-order valence-electron chi connectivity index (χ0n) is 13.0. The highest BCUT2D eigenvalue weighted by Crippen LogP contribution is 2.29. The predicted molar refractivity (Wildman–Crippen MR) is 80.3 cm³/mol. The summed E-state index contributed by atoms with van der Waals surface area (Å²) in [5.74, 6) is 0. The van der Waals surface area contributed by atoms with E-state index in [1.807, 2.05) is 6.92 Å². The van der Waals surface area contributed by atoms with Gasteiger partial charge in [-0.1, -0.05) is 20.3 Å². The van der Waals surface area contributed by atoms with E-state index < -0.39 is 5.60 Å². The third kappa shape index (κ3) is 5.05. The molecular weight excluding hydrogens is 236 g/mol. The first-order valence-electron chi connectivity index (χ1n) is 8.11. The number of hydrogen-bond acceptors (Lipinski definition) is 3. The van der Waals surface area contributed by atoms with Gasteiger partial charge >= 0.3 is 0 Å². The molecule has 1 unspecified atom stereocenters. The average Bonchev–Trinajstić information content (AvgIpc) is 3.14. The number of piperidine rings is 1. The molecular formula is C16H32N2O. The van der Waals surface area contributed by atoms with Crippen molar-refractivity contribution in [2.24, 2.45) is 5.41 Å². The van der Waals surface area contributed by atoms with E-state index in [0.717, 1.165) is 38.5 Å². The third-order valence-corrected chi connectivity index (χ3v) is 4.79. The molecule has 3 heteroatoms. The van der Waals surface area contributed by atoms with Crippen molar-refractivity contribution in [1.29, 1.82) is 0 Å². The highest BCUT2D eigenvalue weighted by Gasteiger charge is 2.33. The maximum absolute atomic E-state index is 10.0. The summed E-state index contributed by atoms with van der Waals surface area (Å²) in [5, 5.41) is 13.8. The Kier molecular flexibility index (Phi) is 4.91. The lowest BCUT2D eigenvalue weighted by molar-refractivity contribution is -0.0154. The Hall–Kier alpha value is -0.120. The highest BCUT2D eigenvalue weighted by molar-refractivity contribution is 4.89. The minimum Gasteiger partial charge on any atom is -0.390 e. The molecule has 0 aromatic rings. The van der Waals surface area contributed by atoms with Crippen LogP contribution in [0.25, 0.3) is 0 Å². The Morgan fingerprint density at radius 3 is 2.47 bits per heavy atom. The van der Waals surface area contributed by atoms with Crippen molar-refractivity contribution in [3.63, 3.8) is 0 Å². The fourth-order valence-corrected chi connectivity index (χ4v) is 3.24. The van der Waals surface area contributed by atoms with Crippen molar-refractivity contribution in [1.82, 2.24) is 10.2 Å². The van der Waals surface area contributed by atoms with Crippen molar-refractivity contribution in [2.45, 2.75) is 70.9 Å². The minimum atomic E-state index is -0.427. The molecule has 1 heterocycles. The summed E-state index contributed by atoms with van der Waals surface area (Å²) in [5.41, 5.74) is -0.0372. The maximum atomic E-state index is 10.0. The normalized spacial score (nSPS) is 27.2. The zero-order valence-corrected chi connectivity index (χ0v) is 13.0. The van der Waals surface area contributed by atoms with E-state index in [2.05, 4.69) is 24.1 Å². The molecule has 1 aliphatic carbocycles. The lowest BCUT2D eigenvalue weighted by Gasteiger charge is -2.41. The summed E-state index contributed by atoms with van der Waals surface area (Å²) in [4.78, 5) is 2.56. The van der Waals surface area contributed by atoms with E-state index in [1.54, 1.807) is 0 Å². The van der Waals surface area contributed by atoms with Crippen LogP contribution < -0.4 is 5.32 Å².